The number of aromatic nitrogens is 1. The number of hydrogen-bond acceptors (Lipinski definition) is 5. The van der Waals surface area contributed by atoms with Gasteiger partial charge in [-0.05, 0) is 42.7 Å². The molecule has 1 saturated carbocycles. The zero-order valence-corrected chi connectivity index (χ0v) is 18.4. The number of nitrogens with one attached hydrogen (secondary N) is 1. The van der Waals surface area contributed by atoms with Gasteiger partial charge in [0.1, 0.15) is 11.6 Å². The number of likely N-dealkylation sites (tertiary alicyclic amines) is 1. The number of hydrogen-bond donors (Lipinski definition) is 2. The third kappa shape index (κ3) is 4.97. The minimum absolute atomic E-state index is 0.0158. The van der Waals surface area contributed by atoms with E-state index in [2.05, 4.69) is 15.2 Å². The van der Waals surface area contributed by atoms with Gasteiger partial charge in [0.25, 0.3) is 12.4 Å². The summed E-state index contributed by atoms with van der Waals surface area (Å²) < 4.78 is 13.9. The highest BCUT2D eigenvalue weighted by atomic mass is 19.1. The average Bonchev–Trinajstić information content (AvgIpc) is 3.38. The van der Waals surface area contributed by atoms with Crippen molar-refractivity contribution in [3.05, 3.63) is 59.5 Å². The molecule has 3 fully saturated rings. The minimum Gasteiger partial charge on any atom is -0.483 e. The van der Waals surface area contributed by atoms with Crippen LogP contribution in [0.25, 0.3) is 0 Å². The normalized spacial score (nSPS) is 23.4. The Morgan fingerprint density at radius 2 is 1.94 bits per heavy atom. The Hall–Kier alpha value is -3.49. The molecule has 0 radical (unpaired) electrons. The van der Waals surface area contributed by atoms with Crippen molar-refractivity contribution in [1.29, 1.82) is 0 Å². The summed E-state index contributed by atoms with van der Waals surface area (Å²) in [6, 6.07) is 10.3. The van der Waals surface area contributed by atoms with E-state index in [9.17, 15) is 14.0 Å². The Balaban J connectivity index is 0.000000821. The Morgan fingerprint density at radius 1 is 1.18 bits per heavy atom. The van der Waals surface area contributed by atoms with E-state index in [0.29, 0.717) is 18.2 Å². The lowest BCUT2D eigenvalue weighted by Gasteiger charge is -2.29. The summed E-state index contributed by atoms with van der Waals surface area (Å²) in [4.78, 5) is 41.6. The molecule has 2 aromatic rings. The Labute approximate surface area is 191 Å². The molecule has 5 rings (SSSR count). The average molecular weight is 455 g/mol. The van der Waals surface area contributed by atoms with Crippen LogP contribution in [0.4, 0.5) is 10.2 Å². The van der Waals surface area contributed by atoms with E-state index in [-0.39, 0.29) is 42.0 Å². The number of anilines is 1. The highest BCUT2D eigenvalue weighted by Gasteiger charge is 2.48. The quantitative estimate of drug-likeness (QED) is 0.688. The zero-order chi connectivity index (χ0) is 23.5. The third-order valence-corrected chi connectivity index (χ3v) is 6.50. The first-order chi connectivity index (χ1) is 15.9. The van der Waals surface area contributed by atoms with Crippen molar-refractivity contribution in [3.63, 3.8) is 0 Å². The van der Waals surface area contributed by atoms with Crippen molar-refractivity contribution in [3.8, 4) is 0 Å². The van der Waals surface area contributed by atoms with Crippen LogP contribution in [0.15, 0.2) is 42.6 Å². The summed E-state index contributed by atoms with van der Waals surface area (Å²) in [7, 11) is 0. The number of carboxylic acid groups (broad SMARTS) is 1. The van der Waals surface area contributed by atoms with Crippen LogP contribution < -0.4 is 10.2 Å². The van der Waals surface area contributed by atoms with Crippen molar-refractivity contribution in [2.45, 2.75) is 31.8 Å². The number of pyridine rings is 1. The SMILES string of the molecule is CC(=O)N1C[C@H]2CN(c3cc(C(=O)NC4CC4)ccn3)C[C@H]2[C@@H]1c1cccc(F)c1.O=CO. The lowest BCUT2D eigenvalue weighted by atomic mass is 9.89. The van der Waals surface area contributed by atoms with Crippen molar-refractivity contribution in [2.75, 3.05) is 24.5 Å². The van der Waals surface area contributed by atoms with Crippen LogP contribution in [-0.2, 0) is 9.59 Å². The number of benzene rings is 1. The van der Waals surface area contributed by atoms with Gasteiger partial charge < -0.3 is 20.2 Å². The van der Waals surface area contributed by atoms with Crippen LogP contribution in [0.1, 0.15) is 41.7 Å². The second-order valence-corrected chi connectivity index (χ2v) is 8.76. The molecule has 9 heteroatoms. The Morgan fingerprint density at radius 3 is 2.61 bits per heavy atom. The topological polar surface area (TPSA) is 103 Å². The lowest BCUT2D eigenvalue weighted by molar-refractivity contribution is -0.130. The summed E-state index contributed by atoms with van der Waals surface area (Å²) in [5.41, 5.74) is 1.46. The van der Waals surface area contributed by atoms with Gasteiger partial charge >= 0.3 is 0 Å². The molecule has 2 N–H and O–H groups in total. The molecule has 2 saturated heterocycles. The molecular weight excluding hydrogens is 427 g/mol. The third-order valence-electron chi connectivity index (χ3n) is 6.50. The number of carbonyl (C=O) groups excluding carboxylic acids is 2. The van der Waals surface area contributed by atoms with E-state index in [1.807, 2.05) is 17.0 Å². The molecule has 1 aromatic carbocycles. The molecule has 3 heterocycles. The minimum atomic E-state index is -0.287. The molecule has 3 aliphatic rings. The molecule has 0 bridgehead atoms. The predicted octanol–water partition coefficient (Wildman–Crippen LogP) is 2.47. The standard InChI is InChI=1S/C23H25FN4O2.CH2O2/c1-14(29)28-12-17-11-27(13-20(17)22(28)15-3-2-4-18(24)9-15)21-10-16(7-8-25-21)23(30)26-19-5-6-19;2-1-3/h2-4,7-10,17,19-20,22H,5-6,11-13H2,1H3,(H,26,30);1H,(H,2,3)/t17-,20-,22+;/m1./s1. The van der Waals surface area contributed by atoms with Crippen LogP contribution in [0.3, 0.4) is 0 Å². The van der Waals surface area contributed by atoms with Gasteiger partial charge in [-0.25, -0.2) is 9.37 Å². The molecule has 33 heavy (non-hydrogen) atoms. The Bertz CT molecular complexity index is 1040. The van der Waals surface area contributed by atoms with Crippen LogP contribution >= 0.6 is 0 Å². The fourth-order valence-corrected chi connectivity index (χ4v) is 4.90. The van der Waals surface area contributed by atoms with Gasteiger partial charge in [0.05, 0.1) is 6.04 Å². The van der Waals surface area contributed by atoms with Gasteiger partial charge in [0.2, 0.25) is 5.91 Å². The summed E-state index contributed by atoms with van der Waals surface area (Å²) in [5, 5.41) is 9.90. The number of amides is 2. The summed E-state index contributed by atoms with van der Waals surface area (Å²) in [6.07, 6.45) is 3.78. The molecule has 1 aliphatic carbocycles. The van der Waals surface area contributed by atoms with E-state index in [1.54, 1.807) is 25.3 Å². The maximum Gasteiger partial charge on any atom is 0.290 e. The van der Waals surface area contributed by atoms with Gasteiger partial charge in [-0.3, -0.25) is 14.4 Å². The van der Waals surface area contributed by atoms with E-state index in [0.717, 1.165) is 37.3 Å². The van der Waals surface area contributed by atoms with Gasteiger partial charge in [-0.15, -0.1) is 0 Å². The number of rotatable bonds is 4. The van der Waals surface area contributed by atoms with E-state index < -0.39 is 0 Å². The van der Waals surface area contributed by atoms with Crippen molar-refractivity contribution in [1.82, 2.24) is 15.2 Å². The Kier molecular flexibility index (Phi) is 6.57. The summed E-state index contributed by atoms with van der Waals surface area (Å²) >= 11 is 0. The van der Waals surface area contributed by atoms with Crippen molar-refractivity contribution >= 4 is 24.1 Å². The molecule has 3 atom stereocenters. The molecule has 1 aromatic heterocycles. The van der Waals surface area contributed by atoms with Crippen LogP contribution in [0.2, 0.25) is 0 Å². The van der Waals surface area contributed by atoms with Crippen LogP contribution in [0, 0.1) is 17.7 Å². The van der Waals surface area contributed by atoms with Gasteiger partial charge in [-0.2, -0.15) is 0 Å². The highest BCUT2D eigenvalue weighted by Crippen LogP contribution is 2.45. The summed E-state index contributed by atoms with van der Waals surface area (Å²) in [6.45, 7) is 3.46. The molecule has 2 amide bonds. The molecule has 0 spiro atoms. The first-order valence-corrected chi connectivity index (χ1v) is 11.0. The monoisotopic (exact) mass is 454 g/mol. The van der Waals surface area contributed by atoms with Crippen LogP contribution in [-0.4, -0.2) is 59.0 Å². The number of fused-ring (bicyclic) bond motifs is 1. The van der Waals surface area contributed by atoms with E-state index >= 15 is 0 Å². The molecule has 2 aliphatic heterocycles. The fourth-order valence-electron chi connectivity index (χ4n) is 4.90. The molecular formula is C24H27FN4O4. The van der Waals surface area contributed by atoms with Gasteiger partial charge in [0, 0.05) is 56.2 Å². The second kappa shape index (κ2) is 9.56. The highest BCUT2D eigenvalue weighted by molar-refractivity contribution is 5.95. The lowest BCUT2D eigenvalue weighted by Crippen LogP contribution is -2.34. The number of nitrogens with zero attached hydrogens (tertiary/aromatic N) is 3. The van der Waals surface area contributed by atoms with E-state index in [4.69, 9.17) is 9.90 Å². The summed E-state index contributed by atoms with van der Waals surface area (Å²) in [5.74, 6) is 0.933. The number of carbonyl (C=O) groups is 3. The number of halogens is 1. The first kappa shape index (κ1) is 22.7. The second-order valence-electron chi connectivity index (χ2n) is 8.76. The molecule has 8 nitrogen and oxygen atoms in total. The molecule has 0 unspecified atom stereocenters. The van der Waals surface area contributed by atoms with Crippen LogP contribution in [0.5, 0.6) is 0 Å². The predicted molar refractivity (Wildman–Crippen MR) is 119 cm³/mol. The maximum absolute atomic E-state index is 13.9. The zero-order valence-electron chi connectivity index (χ0n) is 18.4. The first-order valence-electron chi connectivity index (χ1n) is 11.0. The smallest absolute Gasteiger partial charge is 0.290 e. The van der Waals surface area contributed by atoms with Gasteiger partial charge in [0.15, 0.2) is 0 Å². The maximum atomic E-state index is 13.9. The van der Waals surface area contributed by atoms with Crippen molar-refractivity contribution < 1.29 is 23.9 Å². The largest absolute Gasteiger partial charge is 0.483 e. The fraction of sp³-hybridized carbons (Fsp3) is 0.417. The van der Waals surface area contributed by atoms with Crippen molar-refractivity contribution in [2.24, 2.45) is 11.8 Å². The van der Waals surface area contributed by atoms with Gasteiger partial charge in [-0.1, -0.05) is 12.1 Å². The molecule has 174 valence electrons. The van der Waals surface area contributed by atoms with E-state index in [1.165, 1.54) is 12.1 Å².